The van der Waals surface area contributed by atoms with Crippen LogP contribution in [-0.4, -0.2) is 12.7 Å². The molecule has 28 valence electrons. The molecule has 0 radical (unpaired) electrons. The van der Waals surface area contributed by atoms with Gasteiger partial charge in [0.05, 0.1) is 12.7 Å². The maximum absolute atomic E-state index is 4.71. The maximum atomic E-state index is 4.71. The zero-order valence-corrected chi connectivity index (χ0v) is 8.69. The van der Waals surface area contributed by atoms with Crippen LogP contribution in [0, 0.1) is 0 Å². The molecule has 1 saturated heterocycles. The number of hydrogen-bond donors (Lipinski definition) is 0. The van der Waals surface area contributed by atoms with Crippen LogP contribution in [0.5, 0.6) is 0 Å². The number of rotatable bonds is 0. The summed E-state index contributed by atoms with van der Waals surface area (Å²) in [6.07, 6.45) is 0.583. The summed E-state index contributed by atoms with van der Waals surface area (Å²) in [5.74, 6) is 0. The summed E-state index contributed by atoms with van der Waals surface area (Å²) >= 11 is 0. The molecule has 0 aromatic carbocycles. The minimum atomic E-state index is 0. The molecule has 1 aliphatic rings. The van der Waals surface area contributed by atoms with Gasteiger partial charge in [-0.05, 0) is 6.92 Å². The quantitative estimate of drug-likeness (QED) is 0.222. The van der Waals surface area contributed by atoms with Crippen LogP contribution >= 0.6 is 0 Å². The molecule has 1 heterocycles. The molecule has 0 amide bonds. The van der Waals surface area contributed by atoms with E-state index in [0.29, 0.717) is 6.10 Å². The van der Waals surface area contributed by atoms with Gasteiger partial charge in [-0.1, -0.05) is 0 Å². The van der Waals surface area contributed by atoms with Crippen molar-refractivity contribution in [1.82, 2.24) is 0 Å². The van der Waals surface area contributed by atoms with Gasteiger partial charge in [-0.25, -0.2) is 0 Å². The summed E-state index contributed by atoms with van der Waals surface area (Å²) in [7, 11) is 0. The van der Waals surface area contributed by atoms with Crippen LogP contribution in [0.4, 0.5) is 0 Å². The Bertz CT molecular complexity index is 34.5. The Kier molecular flexibility index (Phi) is 9.23. The van der Waals surface area contributed by atoms with Crippen LogP contribution in [-0.2, 0) is 4.74 Å². The third kappa shape index (κ3) is 5.96. The fraction of sp³-hybridized carbons (Fsp3) is 1.00. The molecule has 1 fully saturated rings. The van der Waals surface area contributed by atoms with Crippen LogP contribution in [0.25, 0.3) is 0 Å². The Morgan fingerprint density at radius 1 is 1.67 bits per heavy atom. The molecule has 0 saturated carbocycles. The summed E-state index contributed by atoms with van der Waals surface area (Å²) in [5, 5.41) is 0. The van der Waals surface area contributed by atoms with Crippen LogP contribution in [0.15, 0.2) is 0 Å². The van der Waals surface area contributed by atoms with Gasteiger partial charge in [0.15, 0.2) is 0 Å². The molecular formula is C3H8Na2O. The van der Waals surface area contributed by atoms with Crippen molar-refractivity contribution < 1.29 is 66.7 Å². The summed E-state index contributed by atoms with van der Waals surface area (Å²) < 4.78 is 4.71. The van der Waals surface area contributed by atoms with Crippen LogP contribution in [0.1, 0.15) is 9.78 Å². The van der Waals surface area contributed by atoms with Gasteiger partial charge in [-0.2, -0.15) is 0 Å². The average Bonchev–Trinajstić information content (AvgIpc) is 1.75. The van der Waals surface area contributed by atoms with Crippen molar-refractivity contribution in [3.05, 3.63) is 0 Å². The zero-order valence-electron chi connectivity index (χ0n) is 6.69. The molecular weight excluding hydrogens is 98.0 g/mol. The van der Waals surface area contributed by atoms with Gasteiger partial charge in [-0.3, -0.25) is 0 Å². The fourth-order valence-corrected chi connectivity index (χ4v) is 0.0962. The Morgan fingerprint density at radius 3 is 1.83 bits per heavy atom. The zero-order chi connectivity index (χ0) is 2.99. The third-order valence-corrected chi connectivity index (χ3v) is 0.500. The maximum Gasteiger partial charge on any atom is 1.00 e. The molecule has 3 heteroatoms. The summed E-state index contributed by atoms with van der Waals surface area (Å²) in [5.41, 5.74) is 0. The first-order valence-electron chi connectivity index (χ1n) is 1.51. The van der Waals surface area contributed by atoms with Crippen molar-refractivity contribution >= 4 is 0 Å². The van der Waals surface area contributed by atoms with Gasteiger partial charge in [-0.15, -0.1) is 0 Å². The summed E-state index contributed by atoms with van der Waals surface area (Å²) in [6, 6.07) is 0. The van der Waals surface area contributed by atoms with E-state index >= 15 is 0 Å². The van der Waals surface area contributed by atoms with E-state index in [0.717, 1.165) is 6.61 Å². The number of hydrogen-bond acceptors (Lipinski definition) is 1. The van der Waals surface area contributed by atoms with E-state index in [1.807, 2.05) is 0 Å². The average molecular weight is 106 g/mol. The normalized spacial score (nSPS) is 26.5. The second-order valence-corrected chi connectivity index (χ2v) is 1.14. The molecule has 0 aromatic heterocycles. The van der Waals surface area contributed by atoms with E-state index in [1.54, 1.807) is 0 Å². The molecule has 1 nitrogen and oxygen atoms in total. The van der Waals surface area contributed by atoms with Gasteiger partial charge in [0.25, 0.3) is 0 Å². The van der Waals surface area contributed by atoms with Crippen LogP contribution in [0.3, 0.4) is 0 Å². The number of ether oxygens (including phenoxy) is 1. The molecule has 1 rings (SSSR count). The summed E-state index contributed by atoms with van der Waals surface area (Å²) in [6.45, 7) is 3.04. The second-order valence-electron chi connectivity index (χ2n) is 1.14. The first-order chi connectivity index (χ1) is 1.89. The predicted molar refractivity (Wildman–Crippen MR) is 17.6 cm³/mol. The molecule has 0 N–H and O–H groups in total. The van der Waals surface area contributed by atoms with Crippen molar-refractivity contribution in [2.45, 2.75) is 13.0 Å². The standard InChI is InChI=1S/C3H6O.2Na.2H/c1-3-2-4-3;;;;/h3H,2H2,1H3;;;;/q;2*+1;2*-1. The van der Waals surface area contributed by atoms with E-state index in [1.165, 1.54) is 0 Å². The van der Waals surface area contributed by atoms with Gasteiger partial charge in [0.1, 0.15) is 0 Å². The van der Waals surface area contributed by atoms with Crippen LogP contribution < -0.4 is 59.1 Å². The molecule has 6 heavy (non-hydrogen) atoms. The molecule has 1 unspecified atom stereocenters. The van der Waals surface area contributed by atoms with Gasteiger partial charge >= 0.3 is 59.1 Å². The first kappa shape index (κ1) is 10.9. The van der Waals surface area contributed by atoms with Crippen molar-refractivity contribution in [2.24, 2.45) is 0 Å². The Labute approximate surface area is 85.4 Å². The number of epoxide rings is 1. The Morgan fingerprint density at radius 2 is 1.83 bits per heavy atom. The van der Waals surface area contributed by atoms with E-state index < -0.39 is 0 Å². The van der Waals surface area contributed by atoms with E-state index in [4.69, 9.17) is 4.74 Å². The molecule has 0 aromatic rings. The van der Waals surface area contributed by atoms with E-state index in [9.17, 15) is 0 Å². The van der Waals surface area contributed by atoms with Crippen molar-refractivity contribution in [3.63, 3.8) is 0 Å². The van der Waals surface area contributed by atoms with Crippen LogP contribution in [0.2, 0.25) is 0 Å². The SMILES string of the molecule is CC1CO1.[H-].[H-].[Na+].[Na+]. The van der Waals surface area contributed by atoms with Crippen molar-refractivity contribution in [3.8, 4) is 0 Å². The van der Waals surface area contributed by atoms with E-state index in [2.05, 4.69) is 6.92 Å². The summed E-state index contributed by atoms with van der Waals surface area (Å²) in [4.78, 5) is 0. The second kappa shape index (κ2) is 5.10. The van der Waals surface area contributed by atoms with Gasteiger partial charge in [0.2, 0.25) is 0 Å². The predicted octanol–water partition coefficient (Wildman–Crippen LogP) is -5.36. The Hall–Kier alpha value is 1.96. The third-order valence-electron chi connectivity index (χ3n) is 0.500. The topological polar surface area (TPSA) is 12.5 Å². The minimum Gasteiger partial charge on any atom is -1.00 e. The van der Waals surface area contributed by atoms with Crippen molar-refractivity contribution in [1.29, 1.82) is 0 Å². The minimum absolute atomic E-state index is 0. The van der Waals surface area contributed by atoms with E-state index in [-0.39, 0.29) is 62.0 Å². The molecule has 1 aliphatic heterocycles. The largest absolute Gasteiger partial charge is 1.00 e. The molecule has 1 atom stereocenters. The molecule has 0 aliphatic carbocycles. The van der Waals surface area contributed by atoms with Crippen molar-refractivity contribution in [2.75, 3.05) is 6.61 Å². The first-order valence-corrected chi connectivity index (χ1v) is 1.51. The smallest absolute Gasteiger partial charge is 1.00 e. The monoisotopic (exact) mass is 106 g/mol. The van der Waals surface area contributed by atoms with Gasteiger partial charge < -0.3 is 7.59 Å². The Balaban J connectivity index is -0.0000000200. The fourth-order valence-electron chi connectivity index (χ4n) is 0.0962. The van der Waals surface area contributed by atoms with Gasteiger partial charge in [0, 0.05) is 0 Å². The molecule has 0 bridgehead atoms. The molecule has 0 spiro atoms.